The van der Waals surface area contributed by atoms with Crippen molar-refractivity contribution in [3.05, 3.63) is 23.9 Å². The number of aromatic nitrogens is 1. The molecule has 3 N–H and O–H groups in total. The summed E-state index contributed by atoms with van der Waals surface area (Å²) in [6.07, 6.45) is 2.34. The number of rotatable bonds is 4. The lowest BCUT2D eigenvalue weighted by Crippen LogP contribution is -2.33. The molecule has 4 nitrogen and oxygen atoms in total. The van der Waals surface area contributed by atoms with Crippen molar-refractivity contribution in [2.24, 2.45) is 5.73 Å². The van der Waals surface area contributed by atoms with Crippen LogP contribution in [-0.2, 0) is 0 Å². The first kappa shape index (κ1) is 11.5. The van der Waals surface area contributed by atoms with E-state index in [0.717, 1.165) is 11.4 Å². The van der Waals surface area contributed by atoms with Crippen LogP contribution in [0.2, 0.25) is 0 Å². The maximum Gasteiger partial charge on any atom is 0.131 e. The highest BCUT2D eigenvalue weighted by Gasteiger charge is 2.13. The van der Waals surface area contributed by atoms with Crippen LogP contribution in [0.25, 0.3) is 0 Å². The summed E-state index contributed by atoms with van der Waals surface area (Å²) in [5, 5.41) is 7.26. The maximum atomic E-state index is 7.26. The van der Waals surface area contributed by atoms with E-state index in [9.17, 15) is 0 Å². The molecule has 1 unspecified atom stereocenters. The molecule has 1 aromatic heterocycles. The molecule has 82 valence electrons. The lowest BCUT2D eigenvalue weighted by Gasteiger charge is -2.26. The zero-order chi connectivity index (χ0) is 11.4. The molecule has 4 heteroatoms. The second-order valence-corrected chi connectivity index (χ2v) is 3.83. The van der Waals surface area contributed by atoms with Gasteiger partial charge in [0, 0.05) is 25.7 Å². The van der Waals surface area contributed by atoms with Crippen molar-refractivity contribution >= 4 is 11.7 Å². The van der Waals surface area contributed by atoms with E-state index in [0.29, 0.717) is 6.42 Å². The van der Waals surface area contributed by atoms with Gasteiger partial charge in [0.05, 0.1) is 5.84 Å². The zero-order valence-electron chi connectivity index (χ0n) is 9.49. The van der Waals surface area contributed by atoms with Crippen molar-refractivity contribution in [3.8, 4) is 0 Å². The molecule has 0 fully saturated rings. The van der Waals surface area contributed by atoms with Gasteiger partial charge in [-0.25, -0.2) is 4.98 Å². The highest BCUT2D eigenvalue weighted by atomic mass is 15.2. The van der Waals surface area contributed by atoms with Crippen LogP contribution in [0.3, 0.4) is 0 Å². The van der Waals surface area contributed by atoms with Gasteiger partial charge in [-0.1, -0.05) is 6.07 Å². The van der Waals surface area contributed by atoms with Crippen LogP contribution < -0.4 is 10.6 Å². The predicted octanol–water partition coefficient (Wildman–Crippen LogP) is 1.54. The second-order valence-electron chi connectivity index (χ2n) is 3.83. The molecular weight excluding hydrogens is 188 g/mol. The Morgan fingerprint density at radius 3 is 2.87 bits per heavy atom. The van der Waals surface area contributed by atoms with Crippen LogP contribution in [0.15, 0.2) is 18.3 Å². The van der Waals surface area contributed by atoms with Crippen molar-refractivity contribution in [1.82, 2.24) is 4.98 Å². The van der Waals surface area contributed by atoms with E-state index in [1.165, 1.54) is 0 Å². The number of nitrogens with one attached hydrogen (secondary N) is 1. The van der Waals surface area contributed by atoms with Crippen LogP contribution in [0.1, 0.15) is 18.9 Å². The average Bonchev–Trinajstić information content (AvgIpc) is 2.16. The number of anilines is 1. The Balaban J connectivity index is 2.80. The van der Waals surface area contributed by atoms with Gasteiger partial charge in [-0.15, -0.1) is 0 Å². The van der Waals surface area contributed by atoms with Crippen molar-refractivity contribution in [1.29, 1.82) is 5.41 Å². The second kappa shape index (κ2) is 4.77. The Hall–Kier alpha value is -1.58. The van der Waals surface area contributed by atoms with Gasteiger partial charge in [-0.05, 0) is 25.5 Å². The number of amidine groups is 1. The van der Waals surface area contributed by atoms with Gasteiger partial charge in [0.15, 0.2) is 0 Å². The third-order valence-electron chi connectivity index (χ3n) is 2.49. The Morgan fingerprint density at radius 2 is 2.33 bits per heavy atom. The SMILES string of the molecule is Cc1cccnc1N(C)C(C)CC(=N)N. The summed E-state index contributed by atoms with van der Waals surface area (Å²) in [6, 6.07) is 4.14. The summed E-state index contributed by atoms with van der Waals surface area (Å²) in [4.78, 5) is 6.37. The average molecular weight is 206 g/mol. The number of hydrogen-bond donors (Lipinski definition) is 2. The number of hydrogen-bond acceptors (Lipinski definition) is 3. The zero-order valence-corrected chi connectivity index (χ0v) is 9.49. The number of nitrogens with zero attached hydrogens (tertiary/aromatic N) is 2. The Bertz CT molecular complexity index is 348. The largest absolute Gasteiger partial charge is 0.388 e. The predicted molar refractivity (Wildman–Crippen MR) is 63.4 cm³/mol. The van der Waals surface area contributed by atoms with Gasteiger partial charge in [0.1, 0.15) is 5.82 Å². The van der Waals surface area contributed by atoms with Gasteiger partial charge < -0.3 is 10.6 Å². The smallest absolute Gasteiger partial charge is 0.131 e. The number of aryl methyl sites for hydroxylation is 1. The molecule has 0 saturated heterocycles. The van der Waals surface area contributed by atoms with Gasteiger partial charge >= 0.3 is 0 Å². The summed E-state index contributed by atoms with van der Waals surface area (Å²) in [5.41, 5.74) is 6.52. The van der Waals surface area contributed by atoms with E-state index in [1.807, 2.05) is 33.0 Å². The Kier molecular flexibility index (Phi) is 3.66. The van der Waals surface area contributed by atoms with Gasteiger partial charge in [-0.2, -0.15) is 0 Å². The molecule has 15 heavy (non-hydrogen) atoms. The third kappa shape index (κ3) is 2.94. The molecule has 0 radical (unpaired) electrons. The van der Waals surface area contributed by atoms with Crippen LogP contribution in [0, 0.1) is 12.3 Å². The molecule has 0 aromatic carbocycles. The summed E-state index contributed by atoms with van der Waals surface area (Å²) in [6.45, 7) is 4.06. The minimum Gasteiger partial charge on any atom is -0.388 e. The van der Waals surface area contributed by atoms with Gasteiger partial charge in [0.2, 0.25) is 0 Å². The minimum atomic E-state index is 0.191. The van der Waals surface area contributed by atoms with Crippen LogP contribution >= 0.6 is 0 Å². The highest BCUT2D eigenvalue weighted by Crippen LogP contribution is 2.17. The first-order chi connectivity index (χ1) is 7.02. The van der Waals surface area contributed by atoms with Gasteiger partial charge in [0.25, 0.3) is 0 Å². The van der Waals surface area contributed by atoms with Crippen molar-refractivity contribution in [3.63, 3.8) is 0 Å². The van der Waals surface area contributed by atoms with E-state index >= 15 is 0 Å². The summed E-state index contributed by atoms with van der Waals surface area (Å²) in [7, 11) is 1.98. The Morgan fingerprint density at radius 1 is 1.67 bits per heavy atom. The summed E-state index contributed by atoms with van der Waals surface area (Å²) < 4.78 is 0. The monoisotopic (exact) mass is 206 g/mol. The maximum absolute atomic E-state index is 7.26. The fraction of sp³-hybridized carbons (Fsp3) is 0.455. The lowest BCUT2D eigenvalue weighted by molar-refractivity contribution is 0.698. The van der Waals surface area contributed by atoms with E-state index in [4.69, 9.17) is 11.1 Å². The molecule has 0 amide bonds. The standard InChI is InChI=1S/C11H18N4/c1-8-5-4-6-14-11(8)15(3)9(2)7-10(12)13/h4-6,9H,7H2,1-3H3,(H3,12,13). The molecule has 1 aromatic rings. The first-order valence-corrected chi connectivity index (χ1v) is 4.99. The highest BCUT2D eigenvalue weighted by molar-refractivity contribution is 5.77. The molecule has 0 spiro atoms. The molecule has 0 aliphatic heterocycles. The first-order valence-electron chi connectivity index (χ1n) is 4.99. The van der Waals surface area contributed by atoms with E-state index in [1.54, 1.807) is 6.20 Å². The lowest BCUT2D eigenvalue weighted by atomic mass is 10.2. The molecule has 0 saturated carbocycles. The van der Waals surface area contributed by atoms with Crippen LogP contribution in [0.5, 0.6) is 0 Å². The molecular formula is C11H18N4. The van der Waals surface area contributed by atoms with Crippen molar-refractivity contribution in [2.75, 3.05) is 11.9 Å². The van der Waals surface area contributed by atoms with E-state index in [2.05, 4.69) is 9.88 Å². The van der Waals surface area contributed by atoms with E-state index < -0.39 is 0 Å². The quantitative estimate of drug-likeness (QED) is 0.580. The molecule has 0 aliphatic rings. The molecule has 1 rings (SSSR count). The van der Waals surface area contributed by atoms with Crippen molar-refractivity contribution < 1.29 is 0 Å². The molecule has 0 aliphatic carbocycles. The third-order valence-corrected chi connectivity index (χ3v) is 2.49. The number of nitrogens with two attached hydrogens (primary N) is 1. The van der Waals surface area contributed by atoms with E-state index in [-0.39, 0.29) is 11.9 Å². The van der Waals surface area contributed by atoms with Crippen LogP contribution in [0.4, 0.5) is 5.82 Å². The fourth-order valence-electron chi connectivity index (χ4n) is 1.51. The van der Waals surface area contributed by atoms with Gasteiger partial charge in [-0.3, -0.25) is 5.41 Å². The summed E-state index contributed by atoms with van der Waals surface area (Å²) in [5.74, 6) is 1.16. The van der Waals surface area contributed by atoms with Crippen molar-refractivity contribution in [2.45, 2.75) is 26.3 Å². The van der Waals surface area contributed by atoms with Crippen LogP contribution in [-0.4, -0.2) is 23.9 Å². The Labute approximate surface area is 90.6 Å². The molecule has 0 bridgehead atoms. The molecule has 1 heterocycles. The summed E-state index contributed by atoms with van der Waals surface area (Å²) >= 11 is 0. The number of pyridine rings is 1. The fourth-order valence-corrected chi connectivity index (χ4v) is 1.51. The topological polar surface area (TPSA) is 66.0 Å². The normalized spacial score (nSPS) is 12.2. The minimum absolute atomic E-state index is 0.191. The molecule has 1 atom stereocenters.